The van der Waals surface area contributed by atoms with Crippen LogP contribution in [0.2, 0.25) is 0 Å². The topological polar surface area (TPSA) is 56.5 Å². The fourth-order valence-electron chi connectivity index (χ4n) is 1.79. The van der Waals surface area contributed by atoms with Crippen LogP contribution in [0.5, 0.6) is 5.75 Å². The van der Waals surface area contributed by atoms with E-state index in [2.05, 4.69) is 4.18 Å². The number of fused-ring (bicyclic) bond motifs is 3. The number of hydrogen-bond acceptors (Lipinski definition) is 4. The van der Waals surface area contributed by atoms with Crippen LogP contribution in [0.15, 0.2) is 46.8 Å². The molecule has 1 aromatic heterocycles. The fourth-order valence-corrected chi connectivity index (χ4v) is 2.22. The van der Waals surface area contributed by atoms with Crippen LogP contribution < -0.4 is 4.18 Å². The van der Waals surface area contributed by atoms with Crippen molar-refractivity contribution in [3.8, 4) is 5.75 Å². The van der Waals surface area contributed by atoms with Crippen LogP contribution >= 0.6 is 0 Å². The molecule has 0 unspecified atom stereocenters. The van der Waals surface area contributed by atoms with E-state index in [1.54, 1.807) is 6.07 Å². The number of benzene rings is 2. The zero-order valence-electron chi connectivity index (χ0n) is 13.0. The van der Waals surface area contributed by atoms with E-state index in [1.807, 2.05) is 0 Å². The van der Waals surface area contributed by atoms with Crippen LogP contribution in [0.25, 0.3) is 21.9 Å². The third kappa shape index (κ3) is 2.21. The molecule has 0 aliphatic rings. The van der Waals surface area contributed by atoms with Gasteiger partial charge in [0.15, 0.2) is 5.75 Å². The van der Waals surface area contributed by atoms with Gasteiger partial charge in [0.1, 0.15) is 11.2 Å². The lowest BCUT2D eigenvalue weighted by Gasteiger charge is -2.09. The van der Waals surface area contributed by atoms with Crippen molar-refractivity contribution >= 4 is 32.1 Å². The highest BCUT2D eigenvalue weighted by atomic mass is 32.2. The molecular weight excluding hydrogens is 309 g/mol. The summed E-state index contributed by atoms with van der Waals surface area (Å²) in [6, 6.07) is 3.62. The molecule has 0 spiro atoms. The van der Waals surface area contributed by atoms with Crippen LogP contribution in [-0.4, -0.2) is 13.9 Å². The van der Waals surface area contributed by atoms with Gasteiger partial charge in [0.25, 0.3) is 0 Å². The molecule has 4 nitrogen and oxygen atoms in total. The molecule has 21 heavy (non-hydrogen) atoms. The average Bonchev–Trinajstić information content (AvgIpc) is 2.88. The molecule has 0 aliphatic carbocycles. The highest BCUT2D eigenvalue weighted by Crippen LogP contribution is 2.37. The molecule has 1 heterocycles. The Balaban J connectivity index is 2.43. The molecule has 0 saturated carbocycles. The van der Waals surface area contributed by atoms with E-state index < -0.39 is 39.5 Å². The predicted octanol–water partition coefficient (Wildman–Crippen LogP) is 3.81. The average molecular weight is 319 g/mol. The predicted molar refractivity (Wildman–Crippen MR) is 69.3 cm³/mol. The van der Waals surface area contributed by atoms with Crippen molar-refractivity contribution in [2.45, 2.75) is 5.51 Å². The third-order valence-electron chi connectivity index (χ3n) is 2.65. The number of para-hydroxylation sites is 1. The molecule has 3 rings (SSSR count). The zero-order valence-corrected chi connectivity index (χ0v) is 10.8. The van der Waals surface area contributed by atoms with Crippen LogP contribution in [0.1, 0.15) is 4.11 Å². The van der Waals surface area contributed by atoms with Gasteiger partial charge in [-0.3, -0.25) is 0 Å². The lowest BCUT2D eigenvalue weighted by Crippen LogP contribution is -2.28. The first-order valence-corrected chi connectivity index (χ1v) is 6.87. The van der Waals surface area contributed by atoms with Gasteiger partial charge in [-0.1, -0.05) is 24.2 Å². The van der Waals surface area contributed by atoms with Gasteiger partial charge in [0.05, 0.1) is 9.50 Å². The number of halogens is 3. The SMILES string of the molecule is [2H]c1c([2H])c(OS(=O)(=O)C(F)(F)F)c2c(oc3ccccc32)c1[2H]. The summed E-state index contributed by atoms with van der Waals surface area (Å²) in [6.07, 6.45) is 0. The molecule has 110 valence electrons. The summed E-state index contributed by atoms with van der Waals surface area (Å²) in [7, 11) is -6.05. The van der Waals surface area contributed by atoms with Gasteiger partial charge in [-0.25, -0.2) is 0 Å². The maximum Gasteiger partial charge on any atom is 0.534 e. The first-order chi connectivity index (χ1) is 11.0. The van der Waals surface area contributed by atoms with E-state index in [-0.39, 0.29) is 21.9 Å². The minimum atomic E-state index is -6.05. The Hall–Kier alpha value is -2.22. The van der Waals surface area contributed by atoms with Crippen LogP contribution in [0.4, 0.5) is 13.2 Å². The smallest absolute Gasteiger partial charge is 0.456 e. The lowest BCUT2D eigenvalue weighted by molar-refractivity contribution is -0.0499. The molecule has 0 atom stereocenters. The first kappa shape index (κ1) is 10.5. The van der Waals surface area contributed by atoms with Gasteiger partial charge in [-0.05, 0) is 18.2 Å². The Morgan fingerprint density at radius 2 is 1.86 bits per heavy atom. The molecule has 0 radical (unpaired) electrons. The largest absolute Gasteiger partial charge is 0.534 e. The molecule has 0 aliphatic heterocycles. The normalized spacial score (nSPS) is 14.9. The molecular formula is C13H7F3O4S. The van der Waals surface area contributed by atoms with E-state index in [4.69, 9.17) is 8.53 Å². The summed E-state index contributed by atoms with van der Waals surface area (Å²) >= 11 is 0. The second kappa shape index (κ2) is 4.39. The van der Waals surface area contributed by atoms with Crippen molar-refractivity contribution in [1.82, 2.24) is 0 Å². The van der Waals surface area contributed by atoms with Crippen molar-refractivity contribution in [1.29, 1.82) is 0 Å². The Labute approximate surface area is 121 Å². The molecule has 3 aromatic rings. The standard InChI is InChI=1S/C13H7F3O4S/c14-13(15,16)21(17,18)20-11-7-3-6-10-12(11)8-4-1-2-5-9(8)19-10/h1-7H/i3D,6D,7D. The maximum absolute atomic E-state index is 12.6. The van der Waals surface area contributed by atoms with E-state index in [0.717, 1.165) is 0 Å². The zero-order chi connectivity index (χ0) is 17.9. The first-order valence-electron chi connectivity index (χ1n) is 6.96. The highest BCUT2D eigenvalue weighted by Gasteiger charge is 2.48. The van der Waals surface area contributed by atoms with Crippen molar-refractivity contribution in [2.24, 2.45) is 0 Å². The Kier molecular flexibility index (Phi) is 2.19. The molecule has 0 bridgehead atoms. The molecule has 2 aromatic carbocycles. The van der Waals surface area contributed by atoms with E-state index in [1.165, 1.54) is 18.2 Å². The van der Waals surface area contributed by atoms with Gasteiger partial charge in [-0.2, -0.15) is 21.6 Å². The van der Waals surface area contributed by atoms with Crippen LogP contribution in [-0.2, 0) is 10.1 Å². The van der Waals surface area contributed by atoms with E-state index in [0.29, 0.717) is 0 Å². The minimum absolute atomic E-state index is 0.153. The Morgan fingerprint density at radius 1 is 1.14 bits per heavy atom. The summed E-state index contributed by atoms with van der Waals surface area (Å²) in [5, 5.41) is -0.105. The van der Waals surface area contributed by atoms with Crippen molar-refractivity contribution in [3.63, 3.8) is 0 Å². The van der Waals surface area contributed by atoms with Crippen molar-refractivity contribution in [3.05, 3.63) is 42.4 Å². The van der Waals surface area contributed by atoms with Crippen LogP contribution in [0, 0.1) is 0 Å². The Bertz CT molecular complexity index is 1070. The van der Waals surface area contributed by atoms with Gasteiger partial charge in [0, 0.05) is 5.39 Å². The molecule has 8 heteroatoms. The molecule has 0 saturated heterocycles. The second-order valence-corrected chi connectivity index (χ2v) is 5.53. The summed E-state index contributed by atoms with van der Waals surface area (Å²) < 4.78 is 92.9. The summed E-state index contributed by atoms with van der Waals surface area (Å²) in [4.78, 5) is 0. The lowest BCUT2D eigenvalue weighted by atomic mass is 10.1. The molecule has 0 amide bonds. The van der Waals surface area contributed by atoms with E-state index >= 15 is 0 Å². The van der Waals surface area contributed by atoms with Gasteiger partial charge in [-0.15, -0.1) is 0 Å². The highest BCUT2D eigenvalue weighted by molar-refractivity contribution is 7.88. The summed E-state index contributed by atoms with van der Waals surface area (Å²) in [6.45, 7) is 0. The fraction of sp³-hybridized carbons (Fsp3) is 0.0769. The quantitative estimate of drug-likeness (QED) is 0.532. The van der Waals surface area contributed by atoms with Crippen molar-refractivity contribution < 1.29 is 34.3 Å². The maximum atomic E-state index is 12.6. The summed E-state index contributed by atoms with van der Waals surface area (Å²) in [5.74, 6) is -0.992. The number of furan rings is 1. The number of alkyl halides is 3. The number of hydrogen-bond donors (Lipinski definition) is 0. The molecule has 0 N–H and O–H groups in total. The third-order valence-corrected chi connectivity index (χ3v) is 3.60. The monoisotopic (exact) mass is 319 g/mol. The number of rotatable bonds is 2. The van der Waals surface area contributed by atoms with E-state index in [9.17, 15) is 21.6 Å². The van der Waals surface area contributed by atoms with Gasteiger partial charge in [0.2, 0.25) is 0 Å². The minimum Gasteiger partial charge on any atom is -0.456 e. The molecule has 0 fully saturated rings. The second-order valence-electron chi connectivity index (χ2n) is 3.99. The van der Waals surface area contributed by atoms with Crippen LogP contribution in [0.3, 0.4) is 0 Å². The summed E-state index contributed by atoms with van der Waals surface area (Å²) in [5.41, 5.74) is -5.88. The van der Waals surface area contributed by atoms with Gasteiger partial charge >= 0.3 is 15.6 Å². The van der Waals surface area contributed by atoms with Crippen molar-refractivity contribution in [2.75, 3.05) is 0 Å². The Morgan fingerprint density at radius 3 is 2.57 bits per heavy atom. The van der Waals surface area contributed by atoms with Gasteiger partial charge < -0.3 is 8.60 Å².